The molecule has 0 amide bonds. The molecule has 0 atom stereocenters. The molecule has 0 aliphatic rings. The topological polar surface area (TPSA) is 28.2 Å². The molecular weight excluding hydrogens is 198 g/mol. The molecule has 0 unspecified atom stereocenters. The summed E-state index contributed by atoms with van der Waals surface area (Å²) in [6.07, 6.45) is 2.51. The summed E-state index contributed by atoms with van der Waals surface area (Å²) < 4.78 is 0. The van der Waals surface area contributed by atoms with Crippen LogP contribution in [0.2, 0.25) is 0 Å². The van der Waals surface area contributed by atoms with Crippen molar-refractivity contribution in [1.82, 2.24) is 9.88 Å². The predicted molar refractivity (Wildman–Crippen MR) is 69.6 cm³/mol. The van der Waals surface area contributed by atoms with Crippen LogP contribution in [0.25, 0.3) is 0 Å². The van der Waals surface area contributed by atoms with Gasteiger partial charge in [0.1, 0.15) is 5.82 Å². The molecule has 1 N–H and O–H groups in total. The summed E-state index contributed by atoms with van der Waals surface area (Å²) in [5, 5.41) is 3.07. The molecule has 1 aromatic heterocycles. The van der Waals surface area contributed by atoms with Crippen molar-refractivity contribution in [2.24, 2.45) is 0 Å². The molecule has 0 saturated heterocycles. The second-order valence-electron chi connectivity index (χ2n) is 3.99. The Balaban J connectivity index is 2.55. The third-order valence-corrected chi connectivity index (χ3v) is 2.72. The Morgan fingerprint density at radius 1 is 1.31 bits per heavy atom. The Hall–Kier alpha value is -1.09. The summed E-state index contributed by atoms with van der Waals surface area (Å²) in [6, 6.07) is 6.14. The van der Waals surface area contributed by atoms with Crippen LogP contribution in [0.3, 0.4) is 0 Å². The summed E-state index contributed by atoms with van der Waals surface area (Å²) in [5.74, 6) is 0.948. The van der Waals surface area contributed by atoms with Gasteiger partial charge in [-0.05, 0) is 31.6 Å². The fourth-order valence-corrected chi connectivity index (χ4v) is 1.67. The van der Waals surface area contributed by atoms with E-state index in [1.165, 1.54) is 19.4 Å². The first-order chi connectivity index (χ1) is 7.80. The SMILES string of the molecule is CCCCN(CC)Cc1cccc(NC)n1. The van der Waals surface area contributed by atoms with Crippen molar-refractivity contribution in [2.45, 2.75) is 33.2 Å². The van der Waals surface area contributed by atoms with Crippen LogP contribution in [-0.4, -0.2) is 30.0 Å². The number of nitrogens with zero attached hydrogens (tertiary/aromatic N) is 2. The lowest BCUT2D eigenvalue weighted by Gasteiger charge is -2.19. The number of aromatic nitrogens is 1. The van der Waals surface area contributed by atoms with Crippen molar-refractivity contribution in [2.75, 3.05) is 25.5 Å². The van der Waals surface area contributed by atoms with Gasteiger partial charge in [0, 0.05) is 13.6 Å². The van der Waals surface area contributed by atoms with E-state index in [-0.39, 0.29) is 0 Å². The van der Waals surface area contributed by atoms with Crippen LogP contribution in [-0.2, 0) is 6.54 Å². The highest BCUT2D eigenvalue weighted by Crippen LogP contribution is 2.07. The first-order valence-corrected chi connectivity index (χ1v) is 6.16. The summed E-state index contributed by atoms with van der Waals surface area (Å²) in [7, 11) is 1.90. The molecule has 1 rings (SSSR count). The van der Waals surface area contributed by atoms with Gasteiger partial charge in [0.2, 0.25) is 0 Å². The van der Waals surface area contributed by atoms with Crippen LogP contribution in [0.4, 0.5) is 5.82 Å². The Morgan fingerprint density at radius 2 is 2.12 bits per heavy atom. The van der Waals surface area contributed by atoms with E-state index in [0.29, 0.717) is 0 Å². The minimum atomic E-state index is 0.948. The Bertz CT molecular complexity index is 299. The molecule has 0 fully saturated rings. The molecule has 0 radical (unpaired) electrons. The average molecular weight is 221 g/mol. The van der Waals surface area contributed by atoms with Crippen LogP contribution in [0, 0.1) is 0 Å². The highest BCUT2D eigenvalue weighted by atomic mass is 15.1. The van der Waals surface area contributed by atoms with Gasteiger partial charge in [-0.3, -0.25) is 4.90 Å². The smallest absolute Gasteiger partial charge is 0.126 e. The van der Waals surface area contributed by atoms with Crippen LogP contribution < -0.4 is 5.32 Å². The van der Waals surface area contributed by atoms with Crippen molar-refractivity contribution >= 4 is 5.82 Å². The largest absolute Gasteiger partial charge is 0.373 e. The number of anilines is 1. The molecule has 3 heteroatoms. The molecule has 0 aliphatic heterocycles. The molecule has 16 heavy (non-hydrogen) atoms. The van der Waals surface area contributed by atoms with Gasteiger partial charge in [-0.2, -0.15) is 0 Å². The zero-order valence-electron chi connectivity index (χ0n) is 10.7. The molecule has 0 aromatic carbocycles. The van der Waals surface area contributed by atoms with E-state index in [0.717, 1.165) is 24.6 Å². The van der Waals surface area contributed by atoms with E-state index in [4.69, 9.17) is 0 Å². The van der Waals surface area contributed by atoms with Gasteiger partial charge in [0.05, 0.1) is 5.69 Å². The third kappa shape index (κ3) is 4.19. The van der Waals surface area contributed by atoms with E-state index in [9.17, 15) is 0 Å². The lowest BCUT2D eigenvalue weighted by atomic mass is 10.2. The van der Waals surface area contributed by atoms with Crippen LogP contribution in [0.1, 0.15) is 32.4 Å². The number of hydrogen-bond donors (Lipinski definition) is 1. The Labute approximate surface area is 98.9 Å². The fourth-order valence-electron chi connectivity index (χ4n) is 1.67. The molecule has 0 spiro atoms. The Kier molecular flexibility index (Phi) is 5.86. The molecule has 0 aliphatic carbocycles. The predicted octanol–water partition coefficient (Wildman–Crippen LogP) is 2.75. The van der Waals surface area contributed by atoms with E-state index in [1.54, 1.807) is 0 Å². The fraction of sp³-hybridized carbons (Fsp3) is 0.615. The Morgan fingerprint density at radius 3 is 2.75 bits per heavy atom. The van der Waals surface area contributed by atoms with Crippen LogP contribution in [0.15, 0.2) is 18.2 Å². The lowest BCUT2D eigenvalue weighted by Crippen LogP contribution is -2.24. The summed E-state index contributed by atoms with van der Waals surface area (Å²) >= 11 is 0. The highest BCUT2D eigenvalue weighted by Gasteiger charge is 2.04. The van der Waals surface area contributed by atoms with Crippen LogP contribution in [0.5, 0.6) is 0 Å². The number of pyridine rings is 1. The monoisotopic (exact) mass is 221 g/mol. The van der Waals surface area contributed by atoms with E-state index < -0.39 is 0 Å². The third-order valence-electron chi connectivity index (χ3n) is 2.72. The van der Waals surface area contributed by atoms with Crippen molar-refractivity contribution in [3.05, 3.63) is 23.9 Å². The number of unbranched alkanes of at least 4 members (excludes halogenated alkanes) is 1. The second-order valence-corrected chi connectivity index (χ2v) is 3.99. The maximum atomic E-state index is 4.53. The normalized spacial score (nSPS) is 10.8. The first-order valence-electron chi connectivity index (χ1n) is 6.16. The van der Waals surface area contributed by atoms with Gasteiger partial charge in [0.15, 0.2) is 0 Å². The molecule has 1 heterocycles. The van der Waals surface area contributed by atoms with Crippen LogP contribution >= 0.6 is 0 Å². The molecular formula is C13H23N3. The highest BCUT2D eigenvalue weighted by molar-refractivity contribution is 5.34. The van der Waals surface area contributed by atoms with Gasteiger partial charge in [-0.1, -0.05) is 26.3 Å². The van der Waals surface area contributed by atoms with Crippen molar-refractivity contribution in [3.63, 3.8) is 0 Å². The van der Waals surface area contributed by atoms with Gasteiger partial charge in [-0.25, -0.2) is 4.98 Å². The molecule has 90 valence electrons. The van der Waals surface area contributed by atoms with Gasteiger partial charge in [-0.15, -0.1) is 0 Å². The minimum absolute atomic E-state index is 0.948. The standard InChI is InChI=1S/C13H23N3/c1-4-6-10-16(5-2)11-12-8-7-9-13(14-3)15-12/h7-9H,4-6,10-11H2,1-3H3,(H,14,15). The maximum Gasteiger partial charge on any atom is 0.126 e. The lowest BCUT2D eigenvalue weighted by molar-refractivity contribution is 0.272. The summed E-state index contributed by atoms with van der Waals surface area (Å²) in [6.45, 7) is 7.64. The maximum absolute atomic E-state index is 4.53. The first kappa shape index (κ1) is 13.0. The van der Waals surface area contributed by atoms with Gasteiger partial charge in [0.25, 0.3) is 0 Å². The van der Waals surface area contributed by atoms with Gasteiger partial charge >= 0.3 is 0 Å². The zero-order chi connectivity index (χ0) is 11.8. The molecule has 0 saturated carbocycles. The van der Waals surface area contributed by atoms with Crippen molar-refractivity contribution < 1.29 is 0 Å². The quantitative estimate of drug-likeness (QED) is 0.767. The number of hydrogen-bond acceptors (Lipinski definition) is 3. The second kappa shape index (κ2) is 7.23. The minimum Gasteiger partial charge on any atom is -0.373 e. The molecule has 3 nitrogen and oxygen atoms in total. The number of nitrogens with one attached hydrogen (secondary N) is 1. The van der Waals surface area contributed by atoms with Crippen molar-refractivity contribution in [3.8, 4) is 0 Å². The van der Waals surface area contributed by atoms with Gasteiger partial charge < -0.3 is 5.32 Å². The summed E-state index contributed by atoms with van der Waals surface area (Å²) in [4.78, 5) is 6.97. The molecule has 1 aromatic rings. The van der Waals surface area contributed by atoms with E-state index in [1.807, 2.05) is 13.1 Å². The van der Waals surface area contributed by atoms with E-state index >= 15 is 0 Å². The zero-order valence-corrected chi connectivity index (χ0v) is 10.7. The number of rotatable bonds is 7. The van der Waals surface area contributed by atoms with Crippen molar-refractivity contribution in [1.29, 1.82) is 0 Å². The van der Waals surface area contributed by atoms with E-state index in [2.05, 4.69) is 41.2 Å². The summed E-state index contributed by atoms with van der Waals surface area (Å²) in [5.41, 5.74) is 1.14. The average Bonchev–Trinajstić information content (AvgIpc) is 2.34. The molecule has 0 bridgehead atoms.